The number of oxazole rings is 1. The highest BCUT2D eigenvalue weighted by Crippen LogP contribution is 2.22. The second-order valence-corrected chi connectivity index (χ2v) is 4.43. The van der Waals surface area contributed by atoms with Gasteiger partial charge in [0.05, 0.1) is 0 Å². The average Bonchev–Trinajstić information content (AvgIpc) is 2.72. The molecule has 0 unspecified atom stereocenters. The highest BCUT2D eigenvalue weighted by Gasteiger charge is 2.28. The largest absolute Gasteiger partial charge is 0.443 e. The Kier molecular flexibility index (Phi) is 2.63. The first-order valence-electron chi connectivity index (χ1n) is 5.23. The smallest absolute Gasteiger partial charge is 0.258 e. The predicted molar refractivity (Wildman–Crippen MR) is 63.7 cm³/mol. The van der Waals surface area contributed by atoms with Crippen LogP contribution in [-0.2, 0) is 4.79 Å². The van der Waals surface area contributed by atoms with Crippen molar-refractivity contribution in [3.63, 3.8) is 0 Å². The third-order valence-corrected chi connectivity index (χ3v) is 2.53. The number of anilines is 1. The summed E-state index contributed by atoms with van der Waals surface area (Å²) < 4.78 is 5.16. The van der Waals surface area contributed by atoms with Crippen LogP contribution in [0.25, 0.3) is 11.1 Å². The molecule has 0 radical (unpaired) electrons. The van der Waals surface area contributed by atoms with Gasteiger partial charge in [0, 0.05) is 18.8 Å². The molecule has 0 saturated carbocycles. The Morgan fingerprint density at radius 1 is 1.47 bits per heavy atom. The number of carbonyl (C=O) groups is 1. The van der Waals surface area contributed by atoms with Crippen LogP contribution in [0.5, 0.6) is 0 Å². The third kappa shape index (κ3) is 2.14. The summed E-state index contributed by atoms with van der Waals surface area (Å²) in [6.45, 7) is 2.91. The Labute approximate surface area is 98.7 Å². The molecule has 0 fully saturated rings. The van der Waals surface area contributed by atoms with Crippen LogP contribution in [0.4, 0.5) is 5.69 Å². The second kappa shape index (κ2) is 3.85. The maximum absolute atomic E-state index is 11.9. The number of likely N-dealkylation sites (N-methyl/N-ethyl adjacent to an activating group) is 1. The molecular formula is C12H14N2O3. The molecule has 0 spiro atoms. The van der Waals surface area contributed by atoms with E-state index >= 15 is 0 Å². The molecule has 2 aromatic rings. The molecule has 0 aliphatic heterocycles. The second-order valence-electron chi connectivity index (χ2n) is 4.43. The van der Waals surface area contributed by atoms with Crippen LogP contribution in [0.2, 0.25) is 0 Å². The van der Waals surface area contributed by atoms with Crippen LogP contribution in [0.15, 0.2) is 29.0 Å². The fourth-order valence-electron chi connectivity index (χ4n) is 1.58. The van der Waals surface area contributed by atoms with Crippen LogP contribution in [0, 0.1) is 0 Å². The molecule has 1 heterocycles. The zero-order valence-electron chi connectivity index (χ0n) is 9.97. The minimum Gasteiger partial charge on any atom is -0.443 e. The normalized spacial score (nSPS) is 11.8. The van der Waals surface area contributed by atoms with Crippen molar-refractivity contribution < 1.29 is 14.3 Å². The lowest BCUT2D eigenvalue weighted by Gasteiger charge is -2.24. The molecule has 17 heavy (non-hydrogen) atoms. The summed E-state index contributed by atoms with van der Waals surface area (Å²) in [6, 6.07) is 5.24. The van der Waals surface area contributed by atoms with Crippen LogP contribution in [-0.4, -0.2) is 28.6 Å². The first kappa shape index (κ1) is 11.6. The van der Waals surface area contributed by atoms with E-state index in [1.165, 1.54) is 25.1 Å². The molecule has 2 rings (SSSR count). The van der Waals surface area contributed by atoms with Gasteiger partial charge in [0.1, 0.15) is 11.1 Å². The van der Waals surface area contributed by atoms with Crippen molar-refractivity contribution in [1.82, 2.24) is 4.98 Å². The minimum absolute atomic E-state index is 0.378. The van der Waals surface area contributed by atoms with Crippen molar-refractivity contribution >= 4 is 22.7 Å². The molecule has 1 aromatic carbocycles. The molecule has 0 aliphatic rings. The SMILES string of the molecule is CN(C(=O)C(C)(C)O)c1ccc2ncoc2c1. The molecule has 1 N–H and O–H groups in total. The van der Waals surface area contributed by atoms with E-state index in [1.807, 2.05) is 0 Å². The maximum Gasteiger partial charge on any atom is 0.258 e. The van der Waals surface area contributed by atoms with Crippen LogP contribution < -0.4 is 4.90 Å². The fourth-order valence-corrected chi connectivity index (χ4v) is 1.58. The van der Waals surface area contributed by atoms with E-state index in [2.05, 4.69) is 4.98 Å². The van der Waals surface area contributed by atoms with E-state index in [0.717, 1.165) is 5.52 Å². The summed E-state index contributed by atoms with van der Waals surface area (Å²) in [4.78, 5) is 17.3. The summed E-state index contributed by atoms with van der Waals surface area (Å²) in [5, 5.41) is 9.66. The third-order valence-electron chi connectivity index (χ3n) is 2.53. The summed E-state index contributed by atoms with van der Waals surface area (Å²) in [7, 11) is 1.61. The Morgan fingerprint density at radius 2 is 2.18 bits per heavy atom. The number of carbonyl (C=O) groups excluding carboxylic acids is 1. The molecule has 90 valence electrons. The number of nitrogens with zero attached hydrogens (tertiary/aromatic N) is 2. The van der Waals surface area contributed by atoms with Gasteiger partial charge in [-0.2, -0.15) is 0 Å². The van der Waals surface area contributed by atoms with Crippen molar-refractivity contribution in [2.75, 3.05) is 11.9 Å². The number of aromatic nitrogens is 1. The number of benzene rings is 1. The van der Waals surface area contributed by atoms with Crippen molar-refractivity contribution in [3.8, 4) is 0 Å². The Hall–Kier alpha value is -1.88. The van der Waals surface area contributed by atoms with Gasteiger partial charge in [0.2, 0.25) is 0 Å². The lowest BCUT2D eigenvalue weighted by atomic mass is 10.1. The molecule has 0 saturated heterocycles. The Bertz CT molecular complexity index is 554. The van der Waals surface area contributed by atoms with Crippen molar-refractivity contribution in [2.45, 2.75) is 19.4 Å². The van der Waals surface area contributed by atoms with Gasteiger partial charge >= 0.3 is 0 Å². The van der Waals surface area contributed by atoms with Gasteiger partial charge in [-0.25, -0.2) is 4.98 Å². The molecule has 5 nitrogen and oxygen atoms in total. The number of fused-ring (bicyclic) bond motifs is 1. The van der Waals surface area contributed by atoms with E-state index in [1.54, 1.807) is 25.2 Å². The quantitative estimate of drug-likeness (QED) is 0.856. The minimum atomic E-state index is -1.40. The zero-order chi connectivity index (χ0) is 12.6. The van der Waals surface area contributed by atoms with Crippen LogP contribution >= 0.6 is 0 Å². The number of amides is 1. The standard InChI is InChI=1S/C12H14N2O3/c1-12(2,16)11(15)14(3)8-4-5-9-10(6-8)17-7-13-9/h4-7,16H,1-3H3. The summed E-state index contributed by atoms with van der Waals surface area (Å²) in [6.07, 6.45) is 1.35. The molecule has 0 bridgehead atoms. The monoisotopic (exact) mass is 234 g/mol. The van der Waals surface area contributed by atoms with Gasteiger partial charge in [-0.05, 0) is 26.0 Å². The lowest BCUT2D eigenvalue weighted by molar-refractivity contribution is -0.133. The highest BCUT2D eigenvalue weighted by atomic mass is 16.3. The number of rotatable bonds is 2. The van der Waals surface area contributed by atoms with Gasteiger partial charge < -0.3 is 14.4 Å². The highest BCUT2D eigenvalue weighted by molar-refractivity contribution is 5.99. The van der Waals surface area contributed by atoms with E-state index in [9.17, 15) is 9.90 Å². The predicted octanol–water partition coefficient (Wildman–Crippen LogP) is 1.56. The van der Waals surface area contributed by atoms with Gasteiger partial charge in [-0.3, -0.25) is 4.79 Å². The fraction of sp³-hybridized carbons (Fsp3) is 0.333. The number of aliphatic hydroxyl groups is 1. The van der Waals surface area contributed by atoms with Crippen molar-refractivity contribution in [2.24, 2.45) is 0 Å². The van der Waals surface area contributed by atoms with Gasteiger partial charge in [0.15, 0.2) is 12.0 Å². The number of hydrogen-bond donors (Lipinski definition) is 1. The summed E-state index contributed by atoms with van der Waals surface area (Å²) >= 11 is 0. The van der Waals surface area contributed by atoms with E-state index in [0.29, 0.717) is 11.3 Å². The molecule has 0 aliphatic carbocycles. The van der Waals surface area contributed by atoms with Crippen LogP contribution in [0.1, 0.15) is 13.8 Å². The first-order chi connectivity index (χ1) is 7.89. The topological polar surface area (TPSA) is 66.6 Å². The lowest BCUT2D eigenvalue weighted by Crippen LogP contribution is -2.43. The van der Waals surface area contributed by atoms with Gasteiger partial charge in [0.25, 0.3) is 5.91 Å². The number of hydrogen-bond acceptors (Lipinski definition) is 4. The molecule has 0 atom stereocenters. The van der Waals surface area contributed by atoms with Crippen LogP contribution in [0.3, 0.4) is 0 Å². The van der Waals surface area contributed by atoms with E-state index in [-0.39, 0.29) is 5.91 Å². The van der Waals surface area contributed by atoms with Crippen molar-refractivity contribution in [3.05, 3.63) is 24.6 Å². The summed E-state index contributed by atoms with van der Waals surface area (Å²) in [5.74, 6) is -0.378. The molecular weight excluding hydrogens is 220 g/mol. The van der Waals surface area contributed by atoms with Gasteiger partial charge in [-0.1, -0.05) is 0 Å². The maximum atomic E-state index is 11.9. The van der Waals surface area contributed by atoms with Gasteiger partial charge in [-0.15, -0.1) is 0 Å². The first-order valence-corrected chi connectivity index (χ1v) is 5.23. The Balaban J connectivity index is 2.36. The average molecular weight is 234 g/mol. The Morgan fingerprint density at radius 3 is 2.82 bits per heavy atom. The van der Waals surface area contributed by atoms with Crippen molar-refractivity contribution in [1.29, 1.82) is 0 Å². The van der Waals surface area contributed by atoms with E-state index < -0.39 is 5.60 Å². The molecule has 1 amide bonds. The molecule has 1 aromatic heterocycles. The molecule has 5 heteroatoms. The van der Waals surface area contributed by atoms with E-state index in [4.69, 9.17) is 4.42 Å². The zero-order valence-corrected chi connectivity index (χ0v) is 9.97. The summed E-state index contributed by atoms with van der Waals surface area (Å²) in [5.41, 5.74) is 0.600.